The van der Waals surface area contributed by atoms with Gasteiger partial charge < -0.3 is 10.4 Å². The van der Waals surface area contributed by atoms with E-state index in [-0.39, 0.29) is 23.7 Å². The number of nitrogens with one attached hydrogen (secondary N) is 1. The molecule has 2 N–H and O–H groups in total. The van der Waals surface area contributed by atoms with Gasteiger partial charge in [-0.05, 0) is 43.0 Å². The third kappa shape index (κ3) is 3.64. The number of rotatable bonds is 5. The van der Waals surface area contributed by atoms with E-state index < -0.39 is 0 Å². The predicted octanol–water partition coefficient (Wildman–Crippen LogP) is 2.12. The third-order valence-corrected chi connectivity index (χ3v) is 3.58. The van der Waals surface area contributed by atoms with Gasteiger partial charge in [-0.2, -0.15) is 0 Å². The van der Waals surface area contributed by atoms with Crippen LogP contribution in [0.2, 0.25) is 0 Å². The molecule has 1 aromatic rings. The van der Waals surface area contributed by atoms with Crippen molar-refractivity contribution in [2.45, 2.75) is 19.8 Å². The Labute approximate surface area is 112 Å². The monoisotopic (exact) mass is 263 g/mol. The first kappa shape index (κ1) is 13.7. The smallest absolute Gasteiger partial charge is 0.244 e. The minimum absolute atomic E-state index is 0.0900. The third-order valence-electron chi connectivity index (χ3n) is 3.58. The molecular formula is C15H18FNO2. The average Bonchev–Trinajstić information content (AvgIpc) is 3.18. The van der Waals surface area contributed by atoms with Crippen LogP contribution in [0.5, 0.6) is 0 Å². The lowest BCUT2D eigenvalue weighted by Gasteiger charge is -2.11. The van der Waals surface area contributed by atoms with E-state index in [4.69, 9.17) is 5.11 Å². The van der Waals surface area contributed by atoms with E-state index in [0.717, 1.165) is 24.0 Å². The normalized spacial score (nSPS) is 17.1. The standard InChI is InChI=1S/C15H18FNO2/c1-11(12-2-4-13(16)5-3-12)8-14(19)17-9-15(10-18)6-7-15/h2-5,8,18H,6-7,9-10H2,1H3,(H,17,19)/b11-8-. The Morgan fingerprint density at radius 2 is 2.05 bits per heavy atom. The molecule has 2 rings (SSSR count). The molecule has 0 spiro atoms. The Bertz CT molecular complexity index is 489. The Kier molecular flexibility index (Phi) is 4.00. The van der Waals surface area contributed by atoms with Crippen LogP contribution in [0.3, 0.4) is 0 Å². The van der Waals surface area contributed by atoms with Gasteiger partial charge in [0.25, 0.3) is 0 Å². The summed E-state index contributed by atoms with van der Waals surface area (Å²) in [5.41, 5.74) is 1.51. The van der Waals surface area contributed by atoms with Crippen molar-refractivity contribution in [2.75, 3.05) is 13.2 Å². The molecule has 0 radical (unpaired) electrons. The Morgan fingerprint density at radius 3 is 2.58 bits per heavy atom. The molecule has 1 fully saturated rings. The van der Waals surface area contributed by atoms with Gasteiger partial charge in [0, 0.05) is 18.0 Å². The summed E-state index contributed by atoms with van der Waals surface area (Å²) in [5.74, 6) is -0.471. The molecule has 19 heavy (non-hydrogen) atoms. The van der Waals surface area contributed by atoms with Gasteiger partial charge in [-0.3, -0.25) is 4.79 Å². The second kappa shape index (κ2) is 5.53. The van der Waals surface area contributed by atoms with Gasteiger partial charge in [-0.15, -0.1) is 0 Å². The fraction of sp³-hybridized carbons (Fsp3) is 0.400. The van der Waals surface area contributed by atoms with Gasteiger partial charge in [-0.25, -0.2) is 4.39 Å². The van der Waals surface area contributed by atoms with Crippen molar-refractivity contribution in [1.29, 1.82) is 0 Å². The van der Waals surface area contributed by atoms with Crippen molar-refractivity contribution in [3.05, 3.63) is 41.7 Å². The number of carbonyl (C=O) groups excluding carboxylic acids is 1. The Morgan fingerprint density at radius 1 is 1.42 bits per heavy atom. The van der Waals surface area contributed by atoms with Crippen molar-refractivity contribution in [1.82, 2.24) is 5.32 Å². The van der Waals surface area contributed by atoms with Crippen LogP contribution >= 0.6 is 0 Å². The summed E-state index contributed by atoms with van der Waals surface area (Å²) < 4.78 is 12.8. The number of halogens is 1. The highest BCUT2D eigenvalue weighted by Gasteiger charge is 2.41. The molecular weight excluding hydrogens is 245 g/mol. The summed E-state index contributed by atoms with van der Waals surface area (Å²) in [5, 5.41) is 12.0. The maximum Gasteiger partial charge on any atom is 0.244 e. The zero-order chi connectivity index (χ0) is 13.9. The molecule has 4 heteroatoms. The fourth-order valence-electron chi connectivity index (χ4n) is 1.89. The summed E-state index contributed by atoms with van der Waals surface area (Å²) in [6.45, 7) is 2.44. The van der Waals surface area contributed by atoms with Crippen LogP contribution in [0.15, 0.2) is 30.3 Å². The molecule has 0 bridgehead atoms. The number of allylic oxidation sites excluding steroid dienone is 1. The first-order chi connectivity index (χ1) is 9.04. The van der Waals surface area contributed by atoms with E-state index in [1.807, 2.05) is 6.92 Å². The van der Waals surface area contributed by atoms with Gasteiger partial charge in [0.1, 0.15) is 5.82 Å². The van der Waals surface area contributed by atoms with Gasteiger partial charge >= 0.3 is 0 Å². The van der Waals surface area contributed by atoms with Crippen LogP contribution in [0.1, 0.15) is 25.3 Å². The summed E-state index contributed by atoms with van der Waals surface area (Å²) in [6, 6.07) is 6.03. The maximum absolute atomic E-state index is 12.8. The van der Waals surface area contributed by atoms with Crippen LogP contribution in [0.4, 0.5) is 4.39 Å². The molecule has 0 aliphatic heterocycles. The van der Waals surface area contributed by atoms with Gasteiger partial charge in [0.2, 0.25) is 5.91 Å². The fourth-order valence-corrected chi connectivity index (χ4v) is 1.89. The lowest BCUT2D eigenvalue weighted by atomic mass is 10.1. The Balaban J connectivity index is 1.92. The molecule has 1 saturated carbocycles. The van der Waals surface area contributed by atoms with Crippen LogP contribution in [0.25, 0.3) is 5.57 Å². The molecule has 3 nitrogen and oxygen atoms in total. The van der Waals surface area contributed by atoms with Gasteiger partial charge in [0.05, 0.1) is 6.61 Å². The minimum Gasteiger partial charge on any atom is -0.396 e. The lowest BCUT2D eigenvalue weighted by Crippen LogP contribution is -2.30. The SMILES string of the molecule is C/C(=C/C(=O)NCC1(CO)CC1)c1ccc(F)cc1. The van der Waals surface area contributed by atoms with Crippen LogP contribution in [-0.2, 0) is 4.79 Å². The second-order valence-corrected chi connectivity index (χ2v) is 5.21. The van der Waals surface area contributed by atoms with Crippen molar-refractivity contribution >= 4 is 11.5 Å². The Hall–Kier alpha value is -1.68. The highest BCUT2D eigenvalue weighted by molar-refractivity contribution is 5.94. The number of aliphatic hydroxyl groups excluding tert-OH is 1. The zero-order valence-corrected chi connectivity index (χ0v) is 10.9. The first-order valence-electron chi connectivity index (χ1n) is 6.38. The van der Waals surface area contributed by atoms with E-state index in [0.29, 0.717) is 6.54 Å². The molecule has 0 unspecified atom stereocenters. The summed E-state index contributed by atoms with van der Waals surface area (Å²) in [7, 11) is 0. The van der Waals surface area contributed by atoms with Crippen molar-refractivity contribution in [3.63, 3.8) is 0 Å². The molecule has 0 heterocycles. The van der Waals surface area contributed by atoms with Crippen molar-refractivity contribution < 1.29 is 14.3 Å². The summed E-state index contributed by atoms with van der Waals surface area (Å²) in [6.07, 6.45) is 3.43. The predicted molar refractivity (Wildman–Crippen MR) is 71.8 cm³/mol. The molecule has 1 aliphatic rings. The van der Waals surface area contributed by atoms with E-state index in [2.05, 4.69) is 5.32 Å². The van der Waals surface area contributed by atoms with Crippen LogP contribution < -0.4 is 5.32 Å². The van der Waals surface area contributed by atoms with E-state index in [1.54, 1.807) is 12.1 Å². The highest BCUT2D eigenvalue weighted by atomic mass is 19.1. The topological polar surface area (TPSA) is 49.3 Å². The molecule has 0 atom stereocenters. The quantitative estimate of drug-likeness (QED) is 0.799. The molecule has 1 amide bonds. The van der Waals surface area contributed by atoms with Crippen LogP contribution in [-0.4, -0.2) is 24.2 Å². The van der Waals surface area contributed by atoms with Gasteiger partial charge in [-0.1, -0.05) is 12.1 Å². The lowest BCUT2D eigenvalue weighted by molar-refractivity contribution is -0.116. The number of hydrogen-bond acceptors (Lipinski definition) is 2. The van der Waals surface area contributed by atoms with Crippen LogP contribution in [0, 0.1) is 11.2 Å². The van der Waals surface area contributed by atoms with E-state index in [9.17, 15) is 9.18 Å². The molecule has 0 saturated heterocycles. The molecule has 102 valence electrons. The van der Waals surface area contributed by atoms with Crippen molar-refractivity contribution in [3.8, 4) is 0 Å². The second-order valence-electron chi connectivity index (χ2n) is 5.21. The van der Waals surface area contributed by atoms with E-state index >= 15 is 0 Å². The molecule has 1 aliphatic carbocycles. The number of aliphatic hydroxyl groups is 1. The average molecular weight is 263 g/mol. The number of amides is 1. The van der Waals surface area contributed by atoms with Gasteiger partial charge in [0.15, 0.2) is 0 Å². The summed E-state index contributed by atoms with van der Waals surface area (Å²) >= 11 is 0. The minimum atomic E-state index is -0.292. The molecule has 0 aromatic heterocycles. The van der Waals surface area contributed by atoms with E-state index in [1.165, 1.54) is 18.2 Å². The maximum atomic E-state index is 12.8. The number of benzene rings is 1. The molecule has 1 aromatic carbocycles. The number of carbonyl (C=O) groups is 1. The first-order valence-corrected chi connectivity index (χ1v) is 6.38. The largest absolute Gasteiger partial charge is 0.396 e. The van der Waals surface area contributed by atoms with Crippen molar-refractivity contribution in [2.24, 2.45) is 5.41 Å². The zero-order valence-electron chi connectivity index (χ0n) is 10.9. The highest BCUT2D eigenvalue weighted by Crippen LogP contribution is 2.44. The number of hydrogen-bond donors (Lipinski definition) is 2. The summed E-state index contributed by atoms with van der Waals surface area (Å²) in [4.78, 5) is 11.7.